The number of rotatable bonds is 5. The topological polar surface area (TPSA) is 120 Å². The molecule has 0 aliphatic carbocycles. The molecular formula is C22H26N8O. The fourth-order valence-corrected chi connectivity index (χ4v) is 4.08. The van der Waals surface area contributed by atoms with Crippen LogP contribution in [0.5, 0.6) is 5.75 Å². The van der Waals surface area contributed by atoms with Crippen LogP contribution in [-0.4, -0.2) is 57.5 Å². The normalized spacial score (nSPS) is 18.5. The fraction of sp³-hybridized carbons (Fsp3) is 0.364. The van der Waals surface area contributed by atoms with Crippen molar-refractivity contribution in [1.82, 2.24) is 25.5 Å². The molecule has 0 amide bonds. The number of nitrogens with one attached hydrogen (secondary N) is 4. The number of hydrogen-bond donors (Lipinski definition) is 5. The van der Waals surface area contributed by atoms with Crippen LogP contribution in [0.25, 0.3) is 11.3 Å². The van der Waals surface area contributed by atoms with Gasteiger partial charge in [-0.1, -0.05) is 12.1 Å². The Kier molecular flexibility index (Phi) is 5.49. The van der Waals surface area contributed by atoms with Gasteiger partial charge in [0, 0.05) is 31.0 Å². The highest BCUT2D eigenvalue weighted by atomic mass is 16.3. The zero-order chi connectivity index (χ0) is 21.0. The first-order chi connectivity index (χ1) is 15.3. The average molecular weight is 419 g/mol. The molecule has 1 atom stereocenters. The number of aromatic nitrogens is 4. The first-order valence-corrected chi connectivity index (χ1v) is 10.7. The molecular weight excluding hydrogens is 392 g/mol. The third-order valence-corrected chi connectivity index (χ3v) is 5.84. The van der Waals surface area contributed by atoms with Gasteiger partial charge in [0.1, 0.15) is 5.75 Å². The molecule has 1 fully saturated rings. The lowest BCUT2D eigenvalue weighted by molar-refractivity contribution is 0.459. The summed E-state index contributed by atoms with van der Waals surface area (Å²) in [5, 5.41) is 32.1. The van der Waals surface area contributed by atoms with Crippen LogP contribution in [0, 0.1) is 0 Å². The van der Waals surface area contributed by atoms with Crippen molar-refractivity contribution in [2.24, 2.45) is 0 Å². The third kappa shape index (κ3) is 4.36. The molecule has 9 nitrogen and oxygen atoms in total. The molecule has 0 bridgehead atoms. The standard InChI is InChI=1S/C22H26N8O/c31-20-4-2-1-3-17(20)18-9-19-21(30-29-18)24-12-16(28-19)13-27-22-25-10-15(11-26-22)14-5-7-23-8-6-14/h1-4,9-11,14,16,23,28,31H,5-8,12-13H2,(H,24,30)(H,25,26,27)/t16-/m1/s1. The maximum Gasteiger partial charge on any atom is 0.222 e. The highest BCUT2D eigenvalue weighted by Crippen LogP contribution is 2.32. The van der Waals surface area contributed by atoms with Crippen LogP contribution in [0.2, 0.25) is 0 Å². The molecule has 9 heteroatoms. The first-order valence-electron chi connectivity index (χ1n) is 10.7. The molecule has 160 valence electrons. The van der Waals surface area contributed by atoms with E-state index in [1.807, 2.05) is 30.6 Å². The number of aromatic hydroxyl groups is 1. The van der Waals surface area contributed by atoms with Gasteiger partial charge in [-0.15, -0.1) is 10.2 Å². The third-order valence-electron chi connectivity index (χ3n) is 5.84. The van der Waals surface area contributed by atoms with Crippen LogP contribution in [0.4, 0.5) is 17.5 Å². The number of nitrogens with zero attached hydrogens (tertiary/aromatic N) is 4. The Labute approximate surface area is 180 Å². The number of phenolic OH excluding ortho intramolecular Hbond substituents is 1. The molecule has 3 aromatic rings. The van der Waals surface area contributed by atoms with Crippen molar-refractivity contribution in [3.8, 4) is 17.0 Å². The van der Waals surface area contributed by atoms with Gasteiger partial charge in [-0.05, 0) is 55.6 Å². The fourth-order valence-electron chi connectivity index (χ4n) is 4.08. The van der Waals surface area contributed by atoms with Crippen molar-refractivity contribution in [1.29, 1.82) is 0 Å². The highest BCUT2D eigenvalue weighted by Gasteiger charge is 2.21. The molecule has 2 aliphatic heterocycles. The van der Waals surface area contributed by atoms with Gasteiger partial charge in [-0.25, -0.2) is 9.97 Å². The van der Waals surface area contributed by atoms with Crippen molar-refractivity contribution in [2.45, 2.75) is 24.8 Å². The Morgan fingerprint density at radius 2 is 1.87 bits per heavy atom. The van der Waals surface area contributed by atoms with Gasteiger partial charge in [-0.2, -0.15) is 0 Å². The predicted molar refractivity (Wildman–Crippen MR) is 120 cm³/mol. The van der Waals surface area contributed by atoms with E-state index in [-0.39, 0.29) is 11.8 Å². The summed E-state index contributed by atoms with van der Waals surface area (Å²) in [6, 6.07) is 9.15. The number of benzene rings is 1. The van der Waals surface area contributed by atoms with E-state index < -0.39 is 0 Å². The molecule has 31 heavy (non-hydrogen) atoms. The summed E-state index contributed by atoms with van der Waals surface area (Å²) < 4.78 is 0. The molecule has 4 heterocycles. The van der Waals surface area contributed by atoms with Gasteiger partial charge in [-0.3, -0.25) is 0 Å². The molecule has 5 N–H and O–H groups in total. The lowest BCUT2D eigenvalue weighted by Gasteiger charge is -2.27. The van der Waals surface area contributed by atoms with Crippen LogP contribution in [0.1, 0.15) is 24.3 Å². The minimum absolute atomic E-state index is 0.126. The molecule has 0 spiro atoms. The Morgan fingerprint density at radius 3 is 2.68 bits per heavy atom. The number of hydrogen-bond acceptors (Lipinski definition) is 9. The monoisotopic (exact) mass is 418 g/mol. The Balaban J connectivity index is 1.22. The molecule has 2 aromatic heterocycles. The average Bonchev–Trinajstić information content (AvgIpc) is 2.83. The molecule has 5 rings (SSSR count). The summed E-state index contributed by atoms with van der Waals surface area (Å²) >= 11 is 0. The van der Waals surface area contributed by atoms with Gasteiger partial charge < -0.3 is 26.4 Å². The van der Waals surface area contributed by atoms with Crippen LogP contribution >= 0.6 is 0 Å². The van der Waals surface area contributed by atoms with Crippen molar-refractivity contribution >= 4 is 17.5 Å². The summed E-state index contributed by atoms with van der Waals surface area (Å²) in [5.41, 5.74) is 3.35. The summed E-state index contributed by atoms with van der Waals surface area (Å²) in [7, 11) is 0. The van der Waals surface area contributed by atoms with E-state index >= 15 is 0 Å². The minimum atomic E-state index is 0.126. The zero-order valence-electron chi connectivity index (χ0n) is 17.2. The Hall–Kier alpha value is -3.46. The molecule has 2 aliphatic rings. The summed E-state index contributed by atoms with van der Waals surface area (Å²) in [6.07, 6.45) is 6.17. The van der Waals surface area contributed by atoms with Crippen molar-refractivity contribution in [3.05, 3.63) is 48.3 Å². The van der Waals surface area contributed by atoms with E-state index in [0.29, 0.717) is 42.0 Å². The predicted octanol–water partition coefficient (Wildman–Crippen LogP) is 2.42. The summed E-state index contributed by atoms with van der Waals surface area (Å²) in [6.45, 7) is 3.48. The van der Waals surface area contributed by atoms with Crippen LogP contribution < -0.4 is 21.3 Å². The summed E-state index contributed by atoms with van der Waals surface area (Å²) in [5.74, 6) is 2.07. The van der Waals surface area contributed by atoms with Gasteiger partial charge in [0.05, 0.1) is 17.4 Å². The van der Waals surface area contributed by atoms with E-state index in [4.69, 9.17) is 0 Å². The van der Waals surface area contributed by atoms with Crippen molar-refractivity contribution < 1.29 is 5.11 Å². The van der Waals surface area contributed by atoms with Gasteiger partial charge in [0.2, 0.25) is 5.95 Å². The highest BCUT2D eigenvalue weighted by molar-refractivity contribution is 5.75. The second-order valence-corrected chi connectivity index (χ2v) is 7.98. The summed E-state index contributed by atoms with van der Waals surface area (Å²) in [4.78, 5) is 9.01. The zero-order valence-corrected chi connectivity index (χ0v) is 17.2. The SMILES string of the molecule is Oc1ccccc1-c1cc2c(nn1)NC[C@H](CNc1ncc(C3CCNCC3)cn1)N2. The number of anilines is 3. The van der Waals surface area contributed by atoms with Crippen LogP contribution in [0.3, 0.4) is 0 Å². The van der Waals surface area contributed by atoms with Gasteiger partial charge in [0.15, 0.2) is 5.82 Å². The number of phenols is 1. The lowest BCUT2D eigenvalue weighted by Crippen LogP contribution is -2.39. The smallest absolute Gasteiger partial charge is 0.222 e. The van der Waals surface area contributed by atoms with Gasteiger partial charge in [0.25, 0.3) is 0 Å². The second kappa shape index (κ2) is 8.73. The molecule has 0 radical (unpaired) electrons. The van der Waals surface area contributed by atoms with Crippen molar-refractivity contribution in [3.63, 3.8) is 0 Å². The second-order valence-electron chi connectivity index (χ2n) is 7.98. The van der Waals surface area contributed by atoms with Crippen LogP contribution in [0.15, 0.2) is 42.7 Å². The molecule has 1 aromatic carbocycles. The Bertz CT molecular complexity index is 1040. The van der Waals surface area contributed by atoms with E-state index in [1.54, 1.807) is 12.1 Å². The minimum Gasteiger partial charge on any atom is -0.507 e. The number of piperidine rings is 1. The van der Waals surface area contributed by atoms with Gasteiger partial charge >= 0.3 is 0 Å². The molecule has 0 saturated carbocycles. The Morgan fingerprint density at radius 1 is 1.06 bits per heavy atom. The number of fused-ring (bicyclic) bond motifs is 1. The quantitative estimate of drug-likeness (QED) is 0.425. The first kappa shape index (κ1) is 19.5. The van der Waals surface area contributed by atoms with E-state index in [9.17, 15) is 5.11 Å². The maximum absolute atomic E-state index is 10.1. The molecule has 0 unspecified atom stereocenters. The van der Waals surface area contributed by atoms with E-state index in [2.05, 4.69) is 41.4 Å². The molecule has 1 saturated heterocycles. The van der Waals surface area contributed by atoms with Crippen molar-refractivity contribution in [2.75, 3.05) is 42.1 Å². The largest absolute Gasteiger partial charge is 0.507 e. The van der Waals surface area contributed by atoms with Crippen LogP contribution in [-0.2, 0) is 0 Å². The van der Waals surface area contributed by atoms with E-state index in [0.717, 1.165) is 31.6 Å². The maximum atomic E-state index is 10.1. The number of para-hydroxylation sites is 1. The lowest BCUT2D eigenvalue weighted by atomic mass is 9.92. The van der Waals surface area contributed by atoms with E-state index in [1.165, 1.54) is 5.56 Å².